The van der Waals surface area contributed by atoms with E-state index >= 15 is 0 Å². The van der Waals surface area contributed by atoms with Crippen LogP contribution < -0.4 is 20.1 Å². The fourth-order valence-electron chi connectivity index (χ4n) is 3.51. The number of anilines is 1. The van der Waals surface area contributed by atoms with Crippen LogP contribution in [0.15, 0.2) is 18.2 Å². The number of hydrogen-bond acceptors (Lipinski definition) is 8. The molecule has 0 aliphatic carbocycles. The molecular formula is C22H29FN4O5S. The van der Waals surface area contributed by atoms with Gasteiger partial charge in [-0.15, -0.1) is 0 Å². The number of ether oxygens (including phenoxy) is 3. The van der Waals surface area contributed by atoms with E-state index in [1.807, 2.05) is 0 Å². The van der Waals surface area contributed by atoms with E-state index in [0.717, 1.165) is 44.0 Å². The number of nitrogens with one attached hydrogen (secondary N) is 2. The molecule has 9 nitrogen and oxygen atoms in total. The summed E-state index contributed by atoms with van der Waals surface area (Å²) < 4.78 is 33.3. The van der Waals surface area contributed by atoms with Crippen molar-refractivity contribution in [2.24, 2.45) is 0 Å². The molecule has 180 valence electrons. The van der Waals surface area contributed by atoms with Gasteiger partial charge in [-0.25, -0.2) is 14.0 Å². The number of nitrogens with zero attached hydrogens (tertiary/aromatic N) is 2. The first-order chi connectivity index (χ1) is 16.0. The number of methoxy groups -OCH3 is 2. The van der Waals surface area contributed by atoms with E-state index in [1.54, 1.807) is 6.07 Å². The molecule has 1 aromatic heterocycles. The predicted molar refractivity (Wildman–Crippen MR) is 123 cm³/mol. The number of amides is 2. The van der Waals surface area contributed by atoms with Gasteiger partial charge in [-0.05, 0) is 74.5 Å². The summed E-state index contributed by atoms with van der Waals surface area (Å²) in [6.45, 7) is 3.86. The van der Waals surface area contributed by atoms with Crippen LogP contribution in [0.3, 0.4) is 0 Å². The van der Waals surface area contributed by atoms with Crippen molar-refractivity contribution < 1.29 is 28.2 Å². The van der Waals surface area contributed by atoms with Crippen LogP contribution in [0, 0.1) is 5.82 Å². The number of halogens is 1. The van der Waals surface area contributed by atoms with Crippen molar-refractivity contribution in [3.05, 3.63) is 35.1 Å². The number of benzene rings is 1. The number of likely N-dealkylation sites (tertiary alicyclic amines) is 1. The molecule has 0 bridgehead atoms. The quantitative estimate of drug-likeness (QED) is 0.374. The van der Waals surface area contributed by atoms with Gasteiger partial charge in [0.25, 0.3) is 0 Å². The van der Waals surface area contributed by atoms with Crippen molar-refractivity contribution in [3.8, 4) is 11.6 Å². The monoisotopic (exact) mass is 480 g/mol. The number of carbonyl (C=O) groups excluding carboxylic acids is 2. The summed E-state index contributed by atoms with van der Waals surface area (Å²) in [5.74, 6) is -1.09. The third kappa shape index (κ3) is 7.03. The van der Waals surface area contributed by atoms with Gasteiger partial charge in [0.15, 0.2) is 17.1 Å². The van der Waals surface area contributed by atoms with Crippen molar-refractivity contribution in [1.29, 1.82) is 0 Å². The van der Waals surface area contributed by atoms with Crippen LogP contribution in [0.25, 0.3) is 0 Å². The number of urea groups is 1. The Morgan fingerprint density at radius 3 is 2.70 bits per heavy atom. The van der Waals surface area contributed by atoms with Gasteiger partial charge >= 0.3 is 12.0 Å². The minimum atomic E-state index is -0.694. The molecule has 33 heavy (non-hydrogen) atoms. The Labute approximate surface area is 196 Å². The first kappa shape index (κ1) is 24.7. The van der Waals surface area contributed by atoms with Crippen molar-refractivity contribution in [3.63, 3.8) is 0 Å². The maximum atomic E-state index is 13.9. The maximum Gasteiger partial charge on any atom is 0.346 e. The molecule has 0 spiro atoms. The van der Waals surface area contributed by atoms with Crippen LogP contribution in [-0.2, 0) is 11.3 Å². The lowest BCUT2D eigenvalue weighted by Gasteiger charge is -2.14. The van der Waals surface area contributed by atoms with E-state index in [-0.39, 0.29) is 28.8 Å². The molecule has 2 N–H and O–H groups in total. The lowest BCUT2D eigenvalue weighted by molar-refractivity contribution is 0.0596. The summed E-state index contributed by atoms with van der Waals surface area (Å²) in [6, 6.07) is 3.97. The Morgan fingerprint density at radius 1 is 1.21 bits per heavy atom. The van der Waals surface area contributed by atoms with Gasteiger partial charge in [0.05, 0.1) is 14.2 Å². The zero-order valence-corrected chi connectivity index (χ0v) is 19.6. The highest BCUT2D eigenvalue weighted by molar-refractivity contribution is 7.11. The lowest BCUT2D eigenvalue weighted by atomic mass is 10.2. The second kappa shape index (κ2) is 12.4. The third-order valence-corrected chi connectivity index (χ3v) is 6.00. The van der Waals surface area contributed by atoms with Crippen molar-refractivity contribution in [2.45, 2.75) is 32.3 Å². The Morgan fingerprint density at radius 2 is 2.00 bits per heavy atom. The van der Waals surface area contributed by atoms with E-state index in [2.05, 4.69) is 19.9 Å². The van der Waals surface area contributed by atoms with Crippen LogP contribution in [0.4, 0.5) is 14.2 Å². The highest BCUT2D eigenvalue weighted by Crippen LogP contribution is 2.32. The highest BCUT2D eigenvalue weighted by Gasteiger charge is 2.25. The summed E-state index contributed by atoms with van der Waals surface area (Å²) in [5, 5.41) is 5.64. The molecule has 1 fully saturated rings. The maximum absolute atomic E-state index is 13.9. The largest absolute Gasteiger partial charge is 0.494 e. The zero-order chi connectivity index (χ0) is 23.6. The summed E-state index contributed by atoms with van der Waals surface area (Å²) in [6.07, 6.45) is 4.41. The van der Waals surface area contributed by atoms with Crippen LogP contribution >= 0.6 is 11.5 Å². The van der Waals surface area contributed by atoms with E-state index in [1.165, 1.54) is 39.2 Å². The third-order valence-electron chi connectivity index (χ3n) is 5.25. The normalized spacial score (nSPS) is 13.5. The average Bonchev–Trinajstić information content (AvgIpc) is 3.47. The molecule has 2 aromatic rings. The standard InChI is InChI=1S/C22H29FN4O5S/c1-30-17-8-7-15(13-16(17)23)14-32-19-18(21(28)31-2)20(33-26-19)25-22(29)24-9-3-4-10-27-11-5-6-12-27/h7-8,13H,3-6,9-12,14H2,1-2H3,(H2,24,25,29). The number of aromatic nitrogens is 1. The van der Waals surface area contributed by atoms with E-state index in [4.69, 9.17) is 14.2 Å². The predicted octanol–water partition coefficient (Wildman–Crippen LogP) is 3.65. The Kier molecular flexibility index (Phi) is 9.25. The summed E-state index contributed by atoms with van der Waals surface area (Å²) in [4.78, 5) is 27.0. The number of hydrogen-bond donors (Lipinski definition) is 2. The minimum Gasteiger partial charge on any atom is -0.494 e. The SMILES string of the molecule is COC(=O)c1c(OCc2ccc(OC)c(F)c2)nsc1NC(=O)NCCCCN1CCCC1. The van der Waals surface area contributed by atoms with E-state index < -0.39 is 17.8 Å². The van der Waals surface area contributed by atoms with Crippen molar-refractivity contribution in [1.82, 2.24) is 14.6 Å². The fourth-order valence-corrected chi connectivity index (χ4v) is 4.23. The molecule has 0 saturated carbocycles. The van der Waals surface area contributed by atoms with Crippen LogP contribution in [-0.4, -0.2) is 61.7 Å². The molecular weight excluding hydrogens is 451 g/mol. The molecule has 1 aliphatic heterocycles. The molecule has 1 aliphatic rings. The minimum absolute atomic E-state index is 0.00369. The van der Waals surface area contributed by atoms with Gasteiger partial charge in [-0.2, -0.15) is 4.37 Å². The summed E-state index contributed by atoms with van der Waals surface area (Å²) in [5.41, 5.74) is 0.541. The Bertz CT molecular complexity index is 949. The number of rotatable bonds is 11. The fraction of sp³-hybridized carbons (Fsp3) is 0.500. The van der Waals surface area contributed by atoms with Gasteiger partial charge in [-0.3, -0.25) is 5.32 Å². The topological polar surface area (TPSA) is 102 Å². The van der Waals surface area contributed by atoms with Crippen molar-refractivity contribution >= 4 is 28.5 Å². The van der Waals surface area contributed by atoms with E-state index in [9.17, 15) is 14.0 Å². The molecule has 2 amide bonds. The van der Waals surface area contributed by atoms with Crippen LogP contribution in [0.2, 0.25) is 0 Å². The first-order valence-electron chi connectivity index (χ1n) is 10.8. The first-order valence-corrected chi connectivity index (χ1v) is 11.6. The lowest BCUT2D eigenvalue weighted by Crippen LogP contribution is -2.30. The second-order valence-corrected chi connectivity index (χ2v) is 8.35. The van der Waals surface area contributed by atoms with Gasteiger partial charge in [-0.1, -0.05) is 6.07 Å². The van der Waals surface area contributed by atoms with Crippen LogP contribution in [0.1, 0.15) is 41.6 Å². The molecule has 0 radical (unpaired) electrons. The molecule has 3 rings (SSSR count). The number of esters is 1. The van der Waals surface area contributed by atoms with Crippen molar-refractivity contribution in [2.75, 3.05) is 45.7 Å². The van der Waals surface area contributed by atoms with Gasteiger partial charge in [0, 0.05) is 6.54 Å². The van der Waals surface area contributed by atoms with E-state index in [0.29, 0.717) is 12.1 Å². The summed E-state index contributed by atoms with van der Waals surface area (Å²) >= 11 is 0.905. The summed E-state index contributed by atoms with van der Waals surface area (Å²) in [7, 11) is 2.61. The second-order valence-electron chi connectivity index (χ2n) is 7.58. The molecule has 0 atom stereocenters. The Hall–Kier alpha value is -2.92. The van der Waals surface area contributed by atoms with Crippen LogP contribution in [0.5, 0.6) is 11.6 Å². The van der Waals surface area contributed by atoms with Gasteiger partial charge in [0.2, 0.25) is 5.88 Å². The average molecular weight is 481 g/mol. The van der Waals surface area contributed by atoms with Gasteiger partial charge < -0.3 is 24.4 Å². The van der Waals surface area contributed by atoms with Gasteiger partial charge in [0.1, 0.15) is 11.6 Å². The molecule has 0 unspecified atom stereocenters. The smallest absolute Gasteiger partial charge is 0.346 e. The zero-order valence-electron chi connectivity index (χ0n) is 18.8. The molecule has 11 heteroatoms. The highest BCUT2D eigenvalue weighted by atomic mass is 32.1. The molecule has 2 heterocycles. The molecule has 1 saturated heterocycles. The molecule has 1 aromatic carbocycles. The number of unbranched alkanes of at least 4 members (excludes halogenated alkanes) is 1. The Balaban J connectivity index is 1.53. The number of carbonyl (C=O) groups is 2.